The van der Waals surface area contributed by atoms with E-state index in [9.17, 15) is 9.59 Å². The highest BCUT2D eigenvalue weighted by Gasteiger charge is 2.46. The van der Waals surface area contributed by atoms with E-state index in [4.69, 9.17) is 0 Å². The normalized spacial score (nSPS) is 17.8. The fraction of sp³-hybridized carbons (Fsp3) is 0.333. The molecule has 1 atom stereocenters. The summed E-state index contributed by atoms with van der Waals surface area (Å²) >= 11 is 0. The number of rotatable bonds is 6. The number of nitrogens with zero attached hydrogens (tertiary/aromatic N) is 4. The van der Waals surface area contributed by atoms with Gasteiger partial charge >= 0.3 is 0 Å². The number of hydrogen-bond donors (Lipinski definition) is 1. The number of pyridine rings is 2. The molecule has 4 rings (SSSR count). The Morgan fingerprint density at radius 1 is 1.12 bits per heavy atom. The van der Waals surface area contributed by atoms with Crippen molar-refractivity contribution in [3.8, 4) is 0 Å². The van der Waals surface area contributed by atoms with Crippen molar-refractivity contribution in [3.05, 3.63) is 89.5 Å². The molecule has 1 fully saturated rings. The lowest BCUT2D eigenvalue weighted by molar-refractivity contribution is -0.136. The lowest BCUT2D eigenvalue weighted by Crippen LogP contribution is -2.56. The summed E-state index contributed by atoms with van der Waals surface area (Å²) in [6, 6.07) is 15.3. The van der Waals surface area contributed by atoms with Crippen LogP contribution in [0.2, 0.25) is 0 Å². The zero-order valence-electron chi connectivity index (χ0n) is 20.0. The number of aromatic nitrogens is 2. The number of amides is 2. The number of carbonyl (C=O) groups is 2. The minimum absolute atomic E-state index is 0.0218. The van der Waals surface area contributed by atoms with Gasteiger partial charge in [0, 0.05) is 63.6 Å². The zero-order valence-corrected chi connectivity index (χ0v) is 20.0. The molecule has 2 amide bonds. The Morgan fingerprint density at radius 2 is 1.97 bits per heavy atom. The third-order valence-corrected chi connectivity index (χ3v) is 6.44. The van der Waals surface area contributed by atoms with Crippen molar-refractivity contribution in [2.24, 2.45) is 0 Å². The van der Waals surface area contributed by atoms with Crippen molar-refractivity contribution in [2.45, 2.75) is 31.7 Å². The number of anilines is 1. The second-order valence-corrected chi connectivity index (χ2v) is 9.07. The molecule has 1 aliphatic heterocycles. The zero-order chi connectivity index (χ0) is 24.1. The molecule has 3 aromatic rings. The number of aryl methyl sites for hydroxylation is 1. The van der Waals surface area contributed by atoms with Crippen molar-refractivity contribution in [3.63, 3.8) is 0 Å². The fourth-order valence-corrected chi connectivity index (χ4v) is 4.62. The maximum atomic E-state index is 13.6. The fourth-order valence-electron chi connectivity index (χ4n) is 4.62. The van der Waals surface area contributed by atoms with Crippen molar-refractivity contribution in [1.82, 2.24) is 19.8 Å². The van der Waals surface area contributed by atoms with E-state index in [1.807, 2.05) is 61.7 Å². The molecule has 1 N–H and O–H groups in total. The molecular weight excluding hydrogens is 426 g/mol. The molecule has 0 aliphatic carbocycles. The summed E-state index contributed by atoms with van der Waals surface area (Å²) < 4.78 is 0. The van der Waals surface area contributed by atoms with Crippen molar-refractivity contribution >= 4 is 17.5 Å². The molecule has 0 spiro atoms. The molecule has 0 saturated carbocycles. The van der Waals surface area contributed by atoms with Gasteiger partial charge in [-0.2, -0.15) is 0 Å². The summed E-state index contributed by atoms with van der Waals surface area (Å²) in [6.45, 7) is 3.56. The summed E-state index contributed by atoms with van der Waals surface area (Å²) in [5, 5.41) is 3.42. The highest BCUT2D eigenvalue weighted by Crippen LogP contribution is 2.35. The summed E-state index contributed by atoms with van der Waals surface area (Å²) in [5.41, 5.74) is 3.52. The van der Waals surface area contributed by atoms with E-state index in [1.54, 1.807) is 36.3 Å². The molecule has 7 nitrogen and oxygen atoms in total. The van der Waals surface area contributed by atoms with Crippen LogP contribution in [0.3, 0.4) is 0 Å². The van der Waals surface area contributed by atoms with Crippen LogP contribution in [0.15, 0.2) is 67.1 Å². The van der Waals surface area contributed by atoms with E-state index in [1.165, 1.54) is 0 Å². The smallest absolute Gasteiger partial charge is 0.253 e. The van der Waals surface area contributed by atoms with Gasteiger partial charge in [0.05, 0.1) is 5.69 Å². The Bertz CT molecular complexity index is 1150. The molecular formula is C27H31N5O2. The summed E-state index contributed by atoms with van der Waals surface area (Å²) in [4.78, 5) is 39.1. The van der Waals surface area contributed by atoms with Gasteiger partial charge in [0.2, 0.25) is 5.91 Å². The van der Waals surface area contributed by atoms with Crippen LogP contribution in [-0.4, -0.2) is 58.8 Å². The van der Waals surface area contributed by atoms with Crippen LogP contribution < -0.4 is 5.32 Å². The lowest BCUT2D eigenvalue weighted by Gasteiger charge is -2.42. The molecule has 34 heavy (non-hydrogen) atoms. The Morgan fingerprint density at radius 3 is 2.68 bits per heavy atom. The Labute approximate surface area is 200 Å². The van der Waals surface area contributed by atoms with Gasteiger partial charge in [-0.15, -0.1) is 0 Å². The molecule has 7 heteroatoms. The number of benzene rings is 1. The van der Waals surface area contributed by atoms with Crippen LogP contribution in [0.1, 0.15) is 40.0 Å². The van der Waals surface area contributed by atoms with Crippen molar-refractivity contribution in [1.29, 1.82) is 0 Å². The largest absolute Gasteiger partial charge is 0.381 e. The third kappa shape index (κ3) is 4.78. The lowest BCUT2D eigenvalue weighted by atomic mass is 9.75. The molecule has 1 aromatic carbocycles. The number of nitrogens with one attached hydrogen (secondary N) is 1. The minimum Gasteiger partial charge on any atom is -0.381 e. The van der Waals surface area contributed by atoms with Gasteiger partial charge in [-0.25, -0.2) is 0 Å². The van der Waals surface area contributed by atoms with Crippen LogP contribution in [0.25, 0.3) is 0 Å². The first-order valence-electron chi connectivity index (χ1n) is 11.6. The highest BCUT2D eigenvalue weighted by atomic mass is 16.2. The number of likely N-dealkylation sites (N-methyl/N-ethyl adjacent to an activating group) is 1. The second kappa shape index (κ2) is 10.0. The van der Waals surface area contributed by atoms with E-state index in [2.05, 4.69) is 15.3 Å². The van der Waals surface area contributed by atoms with Gasteiger partial charge < -0.3 is 15.1 Å². The minimum atomic E-state index is -0.843. The predicted octanol–water partition coefficient (Wildman–Crippen LogP) is 3.66. The summed E-state index contributed by atoms with van der Waals surface area (Å²) in [7, 11) is 3.52. The third-order valence-electron chi connectivity index (χ3n) is 6.44. The average Bonchev–Trinajstić information content (AvgIpc) is 2.88. The summed E-state index contributed by atoms with van der Waals surface area (Å²) in [5.74, 6) is -0.0950. The van der Waals surface area contributed by atoms with Crippen LogP contribution in [0.5, 0.6) is 0 Å². The standard InChI is InChI=1S/C27H31N5O2/c1-20-10-11-22(16-23(20)30-18-21-8-6-13-28-17-21)25(33)32-15-7-12-27(19-32,26(34)31(2)3)24-9-4-5-14-29-24/h4-6,8-11,13-14,16-17,30H,7,12,15,18-19H2,1-3H3/t27-/m0/s1. The first-order valence-corrected chi connectivity index (χ1v) is 11.6. The van der Waals surface area contributed by atoms with Crippen molar-refractivity contribution in [2.75, 3.05) is 32.5 Å². The van der Waals surface area contributed by atoms with E-state index in [0.717, 1.165) is 23.2 Å². The maximum Gasteiger partial charge on any atom is 0.253 e. The number of hydrogen-bond acceptors (Lipinski definition) is 5. The molecule has 1 saturated heterocycles. The maximum absolute atomic E-state index is 13.6. The van der Waals surface area contributed by atoms with Crippen LogP contribution in [-0.2, 0) is 16.8 Å². The van der Waals surface area contributed by atoms with Gasteiger partial charge in [-0.1, -0.05) is 18.2 Å². The Kier molecular flexibility index (Phi) is 6.91. The first-order chi connectivity index (χ1) is 16.4. The molecule has 2 aromatic heterocycles. The monoisotopic (exact) mass is 457 g/mol. The Hall–Kier alpha value is -3.74. The van der Waals surface area contributed by atoms with Crippen LogP contribution in [0, 0.1) is 6.92 Å². The van der Waals surface area contributed by atoms with Gasteiger partial charge in [0.15, 0.2) is 0 Å². The van der Waals surface area contributed by atoms with E-state index in [0.29, 0.717) is 37.3 Å². The molecule has 176 valence electrons. The second-order valence-electron chi connectivity index (χ2n) is 9.07. The molecule has 0 radical (unpaired) electrons. The SMILES string of the molecule is Cc1ccc(C(=O)N2CCC[C@@](C(=O)N(C)C)(c3ccccn3)C2)cc1NCc1cccnc1. The Balaban J connectivity index is 1.58. The topological polar surface area (TPSA) is 78.4 Å². The molecule has 1 aliphatic rings. The quantitative estimate of drug-likeness (QED) is 0.611. The molecule has 0 bridgehead atoms. The van der Waals surface area contributed by atoms with Gasteiger partial charge in [0.25, 0.3) is 5.91 Å². The number of carbonyl (C=O) groups excluding carboxylic acids is 2. The van der Waals surface area contributed by atoms with E-state index in [-0.39, 0.29) is 11.8 Å². The van der Waals surface area contributed by atoms with Gasteiger partial charge in [-0.3, -0.25) is 19.6 Å². The number of likely N-dealkylation sites (tertiary alicyclic amines) is 1. The van der Waals surface area contributed by atoms with Crippen LogP contribution >= 0.6 is 0 Å². The van der Waals surface area contributed by atoms with Crippen molar-refractivity contribution < 1.29 is 9.59 Å². The summed E-state index contributed by atoms with van der Waals surface area (Å²) in [6.07, 6.45) is 6.68. The van der Waals surface area contributed by atoms with Gasteiger partial charge in [0.1, 0.15) is 5.41 Å². The number of piperidine rings is 1. The predicted molar refractivity (Wildman–Crippen MR) is 132 cm³/mol. The first kappa shape index (κ1) is 23.4. The average molecular weight is 458 g/mol. The van der Waals surface area contributed by atoms with E-state index >= 15 is 0 Å². The molecule has 0 unspecified atom stereocenters. The van der Waals surface area contributed by atoms with Gasteiger partial charge in [-0.05, 0) is 61.2 Å². The molecule has 3 heterocycles. The van der Waals surface area contributed by atoms with Crippen LogP contribution in [0.4, 0.5) is 5.69 Å². The van der Waals surface area contributed by atoms with E-state index < -0.39 is 5.41 Å². The highest BCUT2D eigenvalue weighted by molar-refractivity contribution is 5.96.